The molecule has 0 unspecified atom stereocenters. The van der Waals surface area contributed by atoms with Crippen LogP contribution in [0.1, 0.15) is 25.7 Å². The van der Waals surface area contributed by atoms with Crippen molar-refractivity contribution in [2.45, 2.75) is 32.2 Å². The molecule has 112 valence electrons. The largest absolute Gasteiger partial charge is 0.481 e. The van der Waals surface area contributed by atoms with E-state index in [2.05, 4.69) is 4.98 Å². The van der Waals surface area contributed by atoms with Crippen LogP contribution >= 0.6 is 12.2 Å². The second-order valence-electron chi connectivity index (χ2n) is 4.78. The van der Waals surface area contributed by atoms with Gasteiger partial charge in [-0.05, 0) is 43.3 Å². The second-order valence-corrected chi connectivity index (χ2v) is 5.17. The molecule has 5 nitrogen and oxygen atoms in total. The summed E-state index contributed by atoms with van der Waals surface area (Å²) in [5, 5.41) is 8.81. The summed E-state index contributed by atoms with van der Waals surface area (Å²) in [6, 6.07) is 3.94. The maximum absolute atomic E-state index is 13.2. The number of halogens is 1. The summed E-state index contributed by atoms with van der Waals surface area (Å²) in [6.45, 7) is 0.389. The highest BCUT2D eigenvalue weighted by atomic mass is 32.1. The Kier molecular flexibility index (Phi) is 4.85. The van der Waals surface area contributed by atoms with E-state index < -0.39 is 11.8 Å². The van der Waals surface area contributed by atoms with Gasteiger partial charge in [-0.25, -0.2) is 4.39 Å². The van der Waals surface area contributed by atoms with Gasteiger partial charge in [-0.3, -0.25) is 14.2 Å². The number of unbranched alkanes of at least 4 members (excludes halogenated alkanes) is 2. The van der Waals surface area contributed by atoms with E-state index in [1.54, 1.807) is 0 Å². The molecule has 1 aromatic carbocycles. The number of carboxylic acids is 1. The lowest BCUT2D eigenvalue weighted by Gasteiger charge is -2.08. The van der Waals surface area contributed by atoms with Crippen molar-refractivity contribution in [2.75, 3.05) is 0 Å². The third-order valence-corrected chi connectivity index (χ3v) is 3.54. The van der Waals surface area contributed by atoms with Gasteiger partial charge in [0.1, 0.15) is 5.82 Å². The van der Waals surface area contributed by atoms with Crippen LogP contribution in [-0.4, -0.2) is 20.6 Å². The van der Waals surface area contributed by atoms with Crippen LogP contribution in [-0.2, 0) is 11.3 Å². The number of nitrogens with zero attached hydrogens (tertiary/aromatic N) is 1. The number of nitrogens with one attached hydrogen (secondary N) is 1. The predicted molar refractivity (Wildman–Crippen MR) is 79.5 cm³/mol. The van der Waals surface area contributed by atoms with Gasteiger partial charge in [0.2, 0.25) is 0 Å². The van der Waals surface area contributed by atoms with E-state index in [0.29, 0.717) is 31.3 Å². The summed E-state index contributed by atoms with van der Waals surface area (Å²) in [5.74, 6) is -1.30. The molecule has 0 radical (unpaired) electrons. The van der Waals surface area contributed by atoms with E-state index in [1.165, 1.54) is 22.8 Å². The van der Waals surface area contributed by atoms with Crippen molar-refractivity contribution in [1.82, 2.24) is 9.55 Å². The molecule has 21 heavy (non-hydrogen) atoms. The Bertz CT molecular complexity index is 782. The molecule has 2 aromatic rings. The molecule has 2 N–H and O–H groups in total. The molecular weight excluding hydrogens is 295 g/mol. The minimum absolute atomic E-state index is 0.116. The minimum atomic E-state index is -0.828. The minimum Gasteiger partial charge on any atom is -0.481 e. The molecule has 0 aliphatic carbocycles. The average molecular weight is 310 g/mol. The Morgan fingerprint density at radius 2 is 2.10 bits per heavy atom. The van der Waals surface area contributed by atoms with E-state index in [4.69, 9.17) is 17.3 Å². The first kappa shape index (κ1) is 15.4. The van der Waals surface area contributed by atoms with Crippen LogP contribution in [0.2, 0.25) is 0 Å². The number of fused-ring (bicyclic) bond motifs is 1. The highest BCUT2D eigenvalue weighted by Gasteiger charge is 2.06. The van der Waals surface area contributed by atoms with Crippen molar-refractivity contribution in [1.29, 1.82) is 0 Å². The number of H-pyrrole nitrogens is 1. The Morgan fingerprint density at radius 1 is 1.33 bits per heavy atom. The zero-order valence-electron chi connectivity index (χ0n) is 11.3. The van der Waals surface area contributed by atoms with E-state index in [-0.39, 0.29) is 22.1 Å². The maximum Gasteiger partial charge on any atom is 0.303 e. The summed E-state index contributed by atoms with van der Waals surface area (Å²) >= 11 is 5.14. The third kappa shape index (κ3) is 3.75. The fraction of sp³-hybridized carbons (Fsp3) is 0.357. The highest BCUT2D eigenvalue weighted by molar-refractivity contribution is 7.71. The van der Waals surface area contributed by atoms with Crippen LogP contribution in [0.4, 0.5) is 4.39 Å². The summed E-state index contributed by atoms with van der Waals surface area (Å²) in [6.07, 6.45) is 2.01. The van der Waals surface area contributed by atoms with E-state index in [1.807, 2.05) is 0 Å². The quantitative estimate of drug-likeness (QED) is 0.635. The number of hydrogen-bond donors (Lipinski definition) is 2. The summed E-state index contributed by atoms with van der Waals surface area (Å²) in [7, 11) is 0. The maximum atomic E-state index is 13.2. The van der Waals surface area contributed by atoms with Gasteiger partial charge in [0.05, 0.1) is 10.9 Å². The number of benzene rings is 1. The van der Waals surface area contributed by atoms with Gasteiger partial charge in [-0.1, -0.05) is 6.42 Å². The number of hydrogen-bond acceptors (Lipinski definition) is 3. The molecule has 0 bridgehead atoms. The molecule has 0 atom stereocenters. The van der Waals surface area contributed by atoms with Crippen LogP contribution in [0.25, 0.3) is 10.9 Å². The van der Waals surface area contributed by atoms with E-state index in [0.717, 1.165) is 0 Å². The Labute approximate surface area is 125 Å². The normalized spacial score (nSPS) is 10.9. The number of carboxylic acid groups (broad SMARTS) is 1. The molecule has 0 saturated heterocycles. The zero-order valence-corrected chi connectivity index (χ0v) is 12.1. The van der Waals surface area contributed by atoms with Crippen molar-refractivity contribution in [3.63, 3.8) is 0 Å². The van der Waals surface area contributed by atoms with Gasteiger partial charge in [-0.2, -0.15) is 0 Å². The highest BCUT2D eigenvalue weighted by Crippen LogP contribution is 2.10. The molecule has 2 rings (SSSR count). The van der Waals surface area contributed by atoms with Gasteiger partial charge in [0, 0.05) is 13.0 Å². The molecule has 0 aliphatic heterocycles. The molecule has 0 saturated carbocycles. The molecule has 0 fully saturated rings. The van der Waals surface area contributed by atoms with Gasteiger partial charge >= 0.3 is 5.97 Å². The lowest BCUT2D eigenvalue weighted by Crippen LogP contribution is -2.22. The summed E-state index contributed by atoms with van der Waals surface area (Å²) in [5.41, 5.74) is 0.181. The first-order valence-electron chi connectivity index (χ1n) is 6.63. The molecule has 7 heteroatoms. The van der Waals surface area contributed by atoms with Gasteiger partial charge in [-0.15, -0.1) is 0 Å². The predicted octanol–water partition coefficient (Wildman–Crippen LogP) is 2.84. The number of aromatic nitrogens is 2. The zero-order chi connectivity index (χ0) is 15.4. The first-order chi connectivity index (χ1) is 9.99. The molecule has 1 heterocycles. The van der Waals surface area contributed by atoms with Crippen LogP contribution < -0.4 is 5.56 Å². The van der Waals surface area contributed by atoms with E-state index in [9.17, 15) is 14.0 Å². The Hall–Kier alpha value is -2.02. The van der Waals surface area contributed by atoms with E-state index >= 15 is 0 Å². The summed E-state index contributed by atoms with van der Waals surface area (Å²) in [4.78, 5) is 25.6. The van der Waals surface area contributed by atoms with Crippen molar-refractivity contribution in [3.8, 4) is 0 Å². The first-order valence-corrected chi connectivity index (χ1v) is 7.04. The molecule has 0 amide bonds. The lowest BCUT2D eigenvalue weighted by molar-refractivity contribution is -0.137. The second kappa shape index (κ2) is 6.62. The van der Waals surface area contributed by atoms with Crippen molar-refractivity contribution < 1.29 is 14.3 Å². The van der Waals surface area contributed by atoms with Crippen molar-refractivity contribution in [3.05, 3.63) is 39.1 Å². The summed E-state index contributed by atoms with van der Waals surface area (Å²) < 4.78 is 14.9. The number of aliphatic carboxylic acids is 1. The van der Waals surface area contributed by atoms with Gasteiger partial charge < -0.3 is 10.1 Å². The van der Waals surface area contributed by atoms with Gasteiger partial charge in [0.15, 0.2) is 4.77 Å². The SMILES string of the molecule is O=C(O)CCCCCn1c(=S)[nH]c2ccc(F)cc2c1=O. The number of aromatic amines is 1. The van der Waals surface area contributed by atoms with Crippen molar-refractivity contribution in [2.24, 2.45) is 0 Å². The van der Waals surface area contributed by atoms with Crippen LogP contribution in [0, 0.1) is 10.6 Å². The molecule has 1 aromatic heterocycles. The Balaban J connectivity index is 2.18. The standard InChI is InChI=1S/C14H15FN2O3S/c15-9-5-6-11-10(8-9)13(20)17(14(21)16-11)7-3-1-2-4-12(18)19/h5-6,8H,1-4,7H2,(H,16,21)(H,18,19). The molecule has 0 spiro atoms. The third-order valence-electron chi connectivity index (χ3n) is 3.22. The smallest absolute Gasteiger partial charge is 0.303 e. The fourth-order valence-electron chi connectivity index (χ4n) is 2.15. The van der Waals surface area contributed by atoms with Crippen molar-refractivity contribution >= 4 is 29.1 Å². The average Bonchev–Trinajstić information content (AvgIpc) is 2.42. The molecule has 0 aliphatic rings. The Morgan fingerprint density at radius 3 is 2.81 bits per heavy atom. The topological polar surface area (TPSA) is 75.1 Å². The van der Waals surface area contributed by atoms with Crippen LogP contribution in [0.5, 0.6) is 0 Å². The monoisotopic (exact) mass is 310 g/mol. The van der Waals surface area contributed by atoms with Crippen LogP contribution in [0.3, 0.4) is 0 Å². The van der Waals surface area contributed by atoms with Crippen LogP contribution in [0.15, 0.2) is 23.0 Å². The molecular formula is C14H15FN2O3S. The van der Waals surface area contributed by atoms with Gasteiger partial charge in [0.25, 0.3) is 5.56 Å². The number of rotatable bonds is 6. The fourth-order valence-corrected chi connectivity index (χ4v) is 2.43. The lowest BCUT2D eigenvalue weighted by atomic mass is 10.2. The number of carbonyl (C=O) groups is 1.